The number of ether oxygens (including phenoxy) is 3. The second-order valence-corrected chi connectivity index (χ2v) is 6.45. The number of halogens is 1. The van der Waals surface area contributed by atoms with E-state index in [1.54, 1.807) is 32.7 Å². The van der Waals surface area contributed by atoms with Gasteiger partial charge in [-0.15, -0.1) is 22.9 Å². The van der Waals surface area contributed by atoms with Crippen LogP contribution in [-0.2, 0) is 0 Å². The maximum Gasteiger partial charge on any atom is 0.203 e. The standard InChI is InChI=1S/C16H19ClO3S/c1-9-6-10(2)21-16(9)14(17)11-7-12(18-3)15(20-5)13(8-11)19-4/h6-8,14H,1-5H3. The molecule has 0 fully saturated rings. The zero-order valence-electron chi connectivity index (χ0n) is 12.8. The molecule has 1 aromatic heterocycles. The lowest BCUT2D eigenvalue weighted by molar-refractivity contribution is 0.324. The average Bonchev–Trinajstić information content (AvgIpc) is 2.83. The number of aryl methyl sites for hydroxylation is 2. The van der Waals surface area contributed by atoms with E-state index in [1.807, 2.05) is 12.1 Å². The van der Waals surface area contributed by atoms with Crippen LogP contribution < -0.4 is 14.2 Å². The molecule has 2 aromatic rings. The minimum atomic E-state index is -0.239. The first kappa shape index (κ1) is 16.0. The first-order chi connectivity index (χ1) is 10.0. The average molecular weight is 327 g/mol. The number of rotatable bonds is 5. The topological polar surface area (TPSA) is 27.7 Å². The van der Waals surface area contributed by atoms with Crippen LogP contribution in [0.2, 0.25) is 0 Å². The van der Waals surface area contributed by atoms with Crippen molar-refractivity contribution in [2.24, 2.45) is 0 Å². The summed E-state index contributed by atoms with van der Waals surface area (Å²) in [6, 6.07) is 5.94. The Morgan fingerprint density at radius 2 is 1.52 bits per heavy atom. The number of alkyl halides is 1. The van der Waals surface area contributed by atoms with Crippen LogP contribution in [-0.4, -0.2) is 21.3 Å². The predicted octanol–water partition coefficient (Wildman–Crippen LogP) is 4.72. The molecule has 1 unspecified atom stereocenters. The van der Waals surface area contributed by atoms with Gasteiger partial charge in [0, 0.05) is 9.75 Å². The van der Waals surface area contributed by atoms with E-state index in [-0.39, 0.29) is 5.38 Å². The third kappa shape index (κ3) is 3.11. The van der Waals surface area contributed by atoms with Crippen LogP contribution in [0.5, 0.6) is 17.2 Å². The van der Waals surface area contributed by atoms with Gasteiger partial charge in [0.2, 0.25) is 5.75 Å². The SMILES string of the molecule is COc1cc(C(Cl)c2sc(C)cc2C)cc(OC)c1OC. The zero-order chi connectivity index (χ0) is 15.6. The molecule has 0 N–H and O–H groups in total. The molecule has 0 aliphatic rings. The van der Waals surface area contributed by atoms with Crippen LogP contribution in [0.4, 0.5) is 0 Å². The second-order valence-electron chi connectivity index (χ2n) is 4.73. The van der Waals surface area contributed by atoms with Crippen molar-refractivity contribution in [3.05, 3.63) is 39.1 Å². The van der Waals surface area contributed by atoms with Gasteiger partial charge < -0.3 is 14.2 Å². The van der Waals surface area contributed by atoms with Gasteiger partial charge in [-0.1, -0.05) is 0 Å². The molecule has 2 rings (SSSR count). The Morgan fingerprint density at radius 3 is 1.90 bits per heavy atom. The first-order valence-corrected chi connectivity index (χ1v) is 7.78. The lowest BCUT2D eigenvalue weighted by atomic mass is 10.1. The quantitative estimate of drug-likeness (QED) is 0.744. The molecule has 0 saturated heterocycles. The van der Waals surface area contributed by atoms with E-state index in [0.717, 1.165) is 10.4 Å². The summed E-state index contributed by atoms with van der Waals surface area (Å²) in [7, 11) is 4.79. The summed E-state index contributed by atoms with van der Waals surface area (Å²) in [6.07, 6.45) is 0. The van der Waals surface area contributed by atoms with Gasteiger partial charge in [-0.3, -0.25) is 0 Å². The molecule has 0 amide bonds. The van der Waals surface area contributed by atoms with Crippen molar-refractivity contribution in [1.82, 2.24) is 0 Å². The summed E-state index contributed by atoms with van der Waals surface area (Å²) >= 11 is 8.37. The fourth-order valence-electron chi connectivity index (χ4n) is 2.31. The van der Waals surface area contributed by atoms with Gasteiger partial charge in [0.1, 0.15) is 0 Å². The van der Waals surface area contributed by atoms with Gasteiger partial charge in [-0.25, -0.2) is 0 Å². The van der Waals surface area contributed by atoms with E-state index >= 15 is 0 Å². The third-order valence-electron chi connectivity index (χ3n) is 3.29. The van der Waals surface area contributed by atoms with Crippen molar-refractivity contribution in [3.63, 3.8) is 0 Å². The maximum atomic E-state index is 6.66. The van der Waals surface area contributed by atoms with Crippen molar-refractivity contribution in [3.8, 4) is 17.2 Å². The van der Waals surface area contributed by atoms with Crippen LogP contribution in [0.25, 0.3) is 0 Å². The van der Waals surface area contributed by atoms with Gasteiger partial charge >= 0.3 is 0 Å². The van der Waals surface area contributed by atoms with Crippen molar-refractivity contribution in [2.75, 3.05) is 21.3 Å². The number of thiophene rings is 1. The number of hydrogen-bond acceptors (Lipinski definition) is 4. The Labute approximate surface area is 134 Å². The van der Waals surface area contributed by atoms with Gasteiger partial charge in [0.15, 0.2) is 11.5 Å². The van der Waals surface area contributed by atoms with Crippen LogP contribution in [0.1, 0.15) is 26.3 Å². The molecular weight excluding hydrogens is 308 g/mol. The van der Waals surface area contributed by atoms with Crippen LogP contribution in [0.15, 0.2) is 18.2 Å². The van der Waals surface area contributed by atoms with Crippen molar-refractivity contribution >= 4 is 22.9 Å². The van der Waals surface area contributed by atoms with Crippen molar-refractivity contribution in [2.45, 2.75) is 19.2 Å². The Bertz CT molecular complexity index is 611. The zero-order valence-corrected chi connectivity index (χ0v) is 14.4. The molecule has 0 bridgehead atoms. The second kappa shape index (κ2) is 6.58. The van der Waals surface area contributed by atoms with E-state index in [2.05, 4.69) is 19.9 Å². The Hall–Kier alpha value is -1.39. The minimum Gasteiger partial charge on any atom is -0.493 e. The highest BCUT2D eigenvalue weighted by Gasteiger charge is 2.21. The molecule has 0 aliphatic heterocycles. The molecular formula is C16H19ClO3S. The number of benzene rings is 1. The molecule has 1 aromatic carbocycles. The van der Waals surface area contributed by atoms with Crippen LogP contribution in [0, 0.1) is 13.8 Å². The molecule has 0 spiro atoms. The Morgan fingerprint density at radius 1 is 0.952 bits per heavy atom. The minimum absolute atomic E-state index is 0.239. The van der Waals surface area contributed by atoms with Crippen molar-refractivity contribution in [1.29, 1.82) is 0 Å². The summed E-state index contributed by atoms with van der Waals surface area (Å²) in [5.74, 6) is 1.80. The molecule has 5 heteroatoms. The fourth-order valence-corrected chi connectivity index (χ4v) is 3.78. The van der Waals surface area contributed by atoms with E-state index < -0.39 is 0 Å². The summed E-state index contributed by atoms with van der Waals surface area (Å²) in [6.45, 7) is 4.16. The normalized spacial score (nSPS) is 12.1. The number of methoxy groups -OCH3 is 3. The fraction of sp³-hybridized carbons (Fsp3) is 0.375. The summed E-state index contributed by atoms with van der Waals surface area (Å²) < 4.78 is 16.1. The highest BCUT2D eigenvalue weighted by molar-refractivity contribution is 7.12. The van der Waals surface area contributed by atoms with E-state index in [4.69, 9.17) is 25.8 Å². The monoisotopic (exact) mass is 326 g/mol. The van der Waals surface area contributed by atoms with Gasteiger partial charge in [-0.2, -0.15) is 0 Å². The molecule has 1 atom stereocenters. The molecule has 0 radical (unpaired) electrons. The summed E-state index contributed by atoms with van der Waals surface area (Å²) in [5.41, 5.74) is 2.13. The molecule has 0 aliphatic carbocycles. The summed E-state index contributed by atoms with van der Waals surface area (Å²) in [4.78, 5) is 2.39. The van der Waals surface area contributed by atoms with Gasteiger partial charge in [0.25, 0.3) is 0 Å². The van der Waals surface area contributed by atoms with Gasteiger partial charge in [-0.05, 0) is 43.2 Å². The van der Waals surface area contributed by atoms with Crippen LogP contribution >= 0.6 is 22.9 Å². The van der Waals surface area contributed by atoms with E-state index in [9.17, 15) is 0 Å². The number of hydrogen-bond donors (Lipinski definition) is 0. The summed E-state index contributed by atoms with van der Waals surface area (Å²) in [5, 5.41) is -0.239. The van der Waals surface area contributed by atoms with Crippen LogP contribution in [0.3, 0.4) is 0 Å². The molecule has 1 heterocycles. The lowest BCUT2D eigenvalue weighted by Gasteiger charge is -2.16. The molecule has 3 nitrogen and oxygen atoms in total. The lowest BCUT2D eigenvalue weighted by Crippen LogP contribution is -1.99. The Kier molecular flexibility index (Phi) is 5.01. The van der Waals surface area contributed by atoms with E-state index in [1.165, 1.54) is 10.4 Å². The highest BCUT2D eigenvalue weighted by Crippen LogP contribution is 2.44. The predicted molar refractivity (Wildman–Crippen MR) is 87.6 cm³/mol. The maximum absolute atomic E-state index is 6.66. The molecule has 114 valence electrons. The molecule has 21 heavy (non-hydrogen) atoms. The van der Waals surface area contributed by atoms with Gasteiger partial charge in [0.05, 0.1) is 26.7 Å². The third-order valence-corrected chi connectivity index (χ3v) is 5.11. The smallest absolute Gasteiger partial charge is 0.203 e. The van der Waals surface area contributed by atoms with Crippen molar-refractivity contribution < 1.29 is 14.2 Å². The van der Waals surface area contributed by atoms with E-state index in [0.29, 0.717) is 17.2 Å². The largest absolute Gasteiger partial charge is 0.493 e. The Balaban J connectivity index is 2.51. The highest BCUT2D eigenvalue weighted by atomic mass is 35.5. The first-order valence-electron chi connectivity index (χ1n) is 6.52. The molecule has 0 saturated carbocycles.